The van der Waals surface area contributed by atoms with E-state index in [1.807, 2.05) is 0 Å². The van der Waals surface area contributed by atoms with Gasteiger partial charge in [0, 0.05) is 37.3 Å². The van der Waals surface area contributed by atoms with Crippen LogP contribution in [-0.2, 0) is 22.7 Å². The first kappa shape index (κ1) is 28.0. The van der Waals surface area contributed by atoms with Gasteiger partial charge in [-0.05, 0) is 50.4 Å². The van der Waals surface area contributed by atoms with Crippen LogP contribution in [-0.4, -0.2) is 72.9 Å². The molecular weight excluding hydrogens is 532 g/mol. The lowest BCUT2D eigenvalue weighted by Gasteiger charge is -2.34. The molecule has 14 heteroatoms. The zero-order valence-electron chi connectivity index (χ0n) is 22.1. The molecule has 0 saturated heterocycles. The van der Waals surface area contributed by atoms with Gasteiger partial charge in [0.1, 0.15) is 5.70 Å². The molecule has 3 aliphatic heterocycles. The zero-order chi connectivity index (χ0) is 28.3. The molecule has 39 heavy (non-hydrogen) atoms. The summed E-state index contributed by atoms with van der Waals surface area (Å²) in [5.74, 6) is -2.39. The number of hydrogen-bond acceptors (Lipinski definition) is 11. The minimum Gasteiger partial charge on any atom is -0.492 e. The van der Waals surface area contributed by atoms with Crippen LogP contribution in [0.4, 0.5) is 0 Å². The highest BCUT2D eigenvalue weighted by molar-refractivity contribution is 8.41. The number of carbonyl (C=O) groups excluding carboxylic acids is 4. The summed E-state index contributed by atoms with van der Waals surface area (Å²) in [6.07, 6.45) is 1.78. The van der Waals surface area contributed by atoms with Crippen LogP contribution < -0.4 is 24.8 Å². The van der Waals surface area contributed by atoms with E-state index in [-0.39, 0.29) is 46.8 Å². The SMILES string of the molecule is COc1c(C(=O)NC2=NC(C(=O)NCCN(C(C)C)C(C)C)=CS23OC(=O)C=CC(=O)O3)ccc2c1OCO2. The minimum atomic E-state index is -3.41. The van der Waals surface area contributed by atoms with Crippen LogP contribution in [0.25, 0.3) is 0 Å². The Kier molecular flexibility index (Phi) is 8.16. The number of hydrogen-bond donors (Lipinski definition) is 2. The summed E-state index contributed by atoms with van der Waals surface area (Å²) in [7, 11) is -2.05. The molecule has 0 aliphatic carbocycles. The van der Waals surface area contributed by atoms with Crippen molar-refractivity contribution in [2.45, 2.75) is 39.8 Å². The molecular formula is C25H30N4O9S. The van der Waals surface area contributed by atoms with Crippen molar-refractivity contribution in [3.05, 3.63) is 41.0 Å². The van der Waals surface area contributed by atoms with E-state index < -0.39 is 34.3 Å². The number of methoxy groups -OCH3 is 1. The summed E-state index contributed by atoms with van der Waals surface area (Å²) in [5, 5.41) is 6.15. The van der Waals surface area contributed by atoms with Gasteiger partial charge in [0.15, 0.2) is 11.5 Å². The molecule has 1 spiro atoms. The Balaban J connectivity index is 1.59. The van der Waals surface area contributed by atoms with Crippen LogP contribution in [0.3, 0.4) is 0 Å². The molecule has 0 atom stereocenters. The van der Waals surface area contributed by atoms with Crippen molar-refractivity contribution < 1.29 is 41.8 Å². The first-order valence-corrected chi connectivity index (χ1v) is 13.7. The summed E-state index contributed by atoms with van der Waals surface area (Å²) in [4.78, 5) is 57.4. The number of carbonyl (C=O) groups is 4. The van der Waals surface area contributed by atoms with Gasteiger partial charge in [0.25, 0.3) is 11.8 Å². The second kappa shape index (κ2) is 11.4. The van der Waals surface area contributed by atoms with E-state index >= 15 is 0 Å². The van der Waals surface area contributed by atoms with Gasteiger partial charge in [-0.3, -0.25) is 19.8 Å². The van der Waals surface area contributed by atoms with Gasteiger partial charge in [0.2, 0.25) is 17.7 Å². The van der Waals surface area contributed by atoms with Crippen LogP contribution in [0.15, 0.2) is 40.4 Å². The lowest BCUT2D eigenvalue weighted by molar-refractivity contribution is -0.129. The molecule has 4 rings (SSSR count). The molecule has 0 aromatic heterocycles. The summed E-state index contributed by atoms with van der Waals surface area (Å²) >= 11 is 0. The number of rotatable bonds is 8. The smallest absolute Gasteiger partial charge is 0.354 e. The van der Waals surface area contributed by atoms with Crippen LogP contribution in [0.2, 0.25) is 0 Å². The van der Waals surface area contributed by atoms with Gasteiger partial charge < -0.3 is 27.9 Å². The predicted molar refractivity (Wildman–Crippen MR) is 141 cm³/mol. The highest BCUT2D eigenvalue weighted by Crippen LogP contribution is 2.58. The first-order valence-electron chi connectivity index (χ1n) is 12.1. The predicted octanol–water partition coefficient (Wildman–Crippen LogP) is 1.89. The second-order valence-electron chi connectivity index (χ2n) is 9.12. The number of nitrogens with one attached hydrogen (secondary N) is 2. The lowest BCUT2D eigenvalue weighted by Crippen LogP contribution is -2.42. The van der Waals surface area contributed by atoms with Crippen molar-refractivity contribution in [1.82, 2.24) is 15.5 Å². The van der Waals surface area contributed by atoms with E-state index in [0.717, 1.165) is 17.6 Å². The number of ether oxygens (including phenoxy) is 3. The molecule has 0 fully saturated rings. The maximum atomic E-state index is 13.3. The van der Waals surface area contributed by atoms with Crippen LogP contribution in [0.5, 0.6) is 17.2 Å². The molecule has 2 N–H and O–H groups in total. The lowest BCUT2D eigenvalue weighted by atomic mass is 10.1. The first-order chi connectivity index (χ1) is 18.5. The zero-order valence-corrected chi connectivity index (χ0v) is 23.0. The Morgan fingerprint density at radius 3 is 2.33 bits per heavy atom. The van der Waals surface area contributed by atoms with Gasteiger partial charge in [-0.1, -0.05) is 0 Å². The molecule has 1 aromatic carbocycles. The molecule has 13 nitrogen and oxygen atoms in total. The Morgan fingerprint density at radius 1 is 1.05 bits per heavy atom. The molecule has 0 unspecified atom stereocenters. The number of fused-ring (bicyclic) bond motifs is 1. The average molecular weight is 563 g/mol. The van der Waals surface area contributed by atoms with Gasteiger partial charge in [-0.2, -0.15) is 0 Å². The molecule has 0 bridgehead atoms. The highest BCUT2D eigenvalue weighted by atomic mass is 32.3. The van der Waals surface area contributed by atoms with E-state index in [1.165, 1.54) is 19.2 Å². The van der Waals surface area contributed by atoms with Crippen LogP contribution >= 0.6 is 10.6 Å². The molecule has 1 aromatic rings. The largest absolute Gasteiger partial charge is 0.492 e. The van der Waals surface area contributed by atoms with E-state index in [9.17, 15) is 19.2 Å². The van der Waals surface area contributed by atoms with E-state index in [4.69, 9.17) is 22.6 Å². The number of amidine groups is 1. The summed E-state index contributed by atoms with van der Waals surface area (Å²) in [6, 6.07) is 3.52. The van der Waals surface area contributed by atoms with Crippen molar-refractivity contribution in [2.75, 3.05) is 27.0 Å². The van der Waals surface area contributed by atoms with Crippen LogP contribution in [0.1, 0.15) is 38.1 Å². The topological polar surface area (TPSA) is 154 Å². The second-order valence-corrected chi connectivity index (χ2v) is 11.2. The fourth-order valence-electron chi connectivity index (χ4n) is 4.18. The molecule has 0 saturated carbocycles. The highest BCUT2D eigenvalue weighted by Gasteiger charge is 2.42. The number of nitrogens with zero attached hydrogens (tertiary/aromatic N) is 2. The van der Waals surface area contributed by atoms with Gasteiger partial charge in [-0.15, -0.1) is 0 Å². The molecule has 210 valence electrons. The standard InChI is InChI=1S/C25H30N4O9S/c1-14(2)29(15(3)4)11-10-26-24(33)17-12-39(37-19(30)8-9-20(31)38-39)25(27-17)28-23(32)16-6-7-18-22(21(16)34-5)36-13-35-18/h6-9,12,14-15H,10-11,13H2,1-5H3,(H,26,33)(H,27,28,32). The molecule has 2 amide bonds. The van der Waals surface area contributed by atoms with Gasteiger partial charge in [-0.25, -0.2) is 14.6 Å². The third-order valence-electron chi connectivity index (χ3n) is 5.90. The molecule has 3 heterocycles. The van der Waals surface area contributed by atoms with Crippen molar-refractivity contribution in [3.8, 4) is 17.2 Å². The van der Waals surface area contributed by atoms with Crippen molar-refractivity contribution >= 4 is 39.5 Å². The van der Waals surface area contributed by atoms with E-state index in [1.54, 1.807) is 0 Å². The summed E-state index contributed by atoms with van der Waals surface area (Å²) in [6.45, 7) is 9.09. The maximum absolute atomic E-state index is 13.3. The maximum Gasteiger partial charge on any atom is 0.354 e. The van der Waals surface area contributed by atoms with Gasteiger partial charge >= 0.3 is 11.9 Å². The Bertz CT molecular complexity index is 1260. The molecule has 0 radical (unpaired) electrons. The third-order valence-corrected chi connectivity index (χ3v) is 7.99. The minimum absolute atomic E-state index is 0.0376. The van der Waals surface area contributed by atoms with Crippen molar-refractivity contribution in [3.63, 3.8) is 0 Å². The number of aliphatic imine (C=N–C) groups is 1. The summed E-state index contributed by atoms with van der Waals surface area (Å²) < 4.78 is 26.9. The Labute approximate surface area is 226 Å². The normalized spacial score (nSPS) is 17.9. The van der Waals surface area contributed by atoms with Gasteiger partial charge in [0.05, 0.1) is 18.1 Å². The van der Waals surface area contributed by atoms with E-state index in [0.29, 0.717) is 18.8 Å². The number of benzene rings is 1. The average Bonchev–Trinajstić information content (AvgIpc) is 3.45. The van der Waals surface area contributed by atoms with E-state index in [2.05, 4.69) is 48.2 Å². The quantitative estimate of drug-likeness (QED) is 0.480. The third kappa shape index (κ3) is 5.86. The van der Waals surface area contributed by atoms with Crippen molar-refractivity contribution in [2.24, 2.45) is 4.99 Å². The van der Waals surface area contributed by atoms with Crippen LogP contribution in [0, 0.1) is 0 Å². The molecule has 3 aliphatic rings. The monoisotopic (exact) mass is 562 g/mol. The van der Waals surface area contributed by atoms with Crippen molar-refractivity contribution in [1.29, 1.82) is 0 Å². The Hall–Kier alpha value is -4.04. The number of amides is 2. The Morgan fingerprint density at radius 2 is 1.72 bits per heavy atom. The fourth-order valence-corrected chi connectivity index (χ4v) is 6.09. The fraction of sp³-hybridized carbons (Fsp3) is 0.400. The summed E-state index contributed by atoms with van der Waals surface area (Å²) in [5.41, 5.74) is -0.134.